The fourth-order valence-corrected chi connectivity index (χ4v) is 4.51. The second-order valence-electron chi connectivity index (χ2n) is 8.25. The van der Waals surface area contributed by atoms with Gasteiger partial charge in [0.15, 0.2) is 6.61 Å². The van der Waals surface area contributed by atoms with Crippen LogP contribution in [0.1, 0.15) is 47.2 Å². The van der Waals surface area contributed by atoms with E-state index in [1.54, 1.807) is 30.7 Å². The summed E-state index contributed by atoms with van der Waals surface area (Å²) >= 11 is 0. The molecule has 5 rings (SSSR count). The normalized spacial score (nSPS) is 20.4. The monoisotopic (exact) mass is 475 g/mol. The number of allylic oxidation sites excluding steroid dienone is 1. The van der Waals surface area contributed by atoms with E-state index in [0.717, 1.165) is 36.6 Å². The van der Waals surface area contributed by atoms with Gasteiger partial charge in [0.25, 0.3) is 11.6 Å². The Bertz CT molecular complexity index is 1310. The maximum Gasteiger partial charge on any atom is 0.338 e. The van der Waals surface area contributed by atoms with Crippen LogP contribution in [-0.2, 0) is 9.53 Å². The minimum Gasteiger partial charge on any atom is -0.467 e. The first-order chi connectivity index (χ1) is 17.0. The van der Waals surface area contributed by atoms with E-state index in [4.69, 9.17) is 13.6 Å². The van der Waals surface area contributed by atoms with Crippen LogP contribution in [0.15, 0.2) is 80.6 Å². The molecule has 2 aliphatic rings. The summed E-state index contributed by atoms with van der Waals surface area (Å²) in [6.45, 7) is -0.570. The molecule has 0 saturated heterocycles. The van der Waals surface area contributed by atoms with Gasteiger partial charge in [0.1, 0.15) is 17.6 Å². The third-order valence-corrected chi connectivity index (χ3v) is 6.07. The van der Waals surface area contributed by atoms with Crippen molar-refractivity contribution in [3.63, 3.8) is 0 Å². The fourth-order valence-electron chi connectivity index (χ4n) is 4.51. The summed E-state index contributed by atoms with van der Waals surface area (Å²) in [4.78, 5) is 36.0. The standard InChI is InChI=1S/C25H21N3O7/c29-22(15-35-25(30)17-6-1-7-18(13-17)28(31)32)27-24(21-10-4-12-34-21)20-9-2-5-16(23(20)26-27)14-19-8-3-11-33-19/h1,3-4,6-8,10-14,20,24H,2,5,9,15H2/b16-14+. The van der Waals surface area contributed by atoms with Gasteiger partial charge in [-0.05, 0) is 61.2 Å². The van der Waals surface area contributed by atoms with Crippen LogP contribution in [0, 0.1) is 16.0 Å². The summed E-state index contributed by atoms with van der Waals surface area (Å²) < 4.78 is 16.3. The van der Waals surface area contributed by atoms with Crippen molar-refractivity contribution < 1.29 is 28.1 Å². The van der Waals surface area contributed by atoms with Crippen molar-refractivity contribution in [1.82, 2.24) is 5.01 Å². The van der Waals surface area contributed by atoms with Crippen LogP contribution in [0.3, 0.4) is 0 Å². The number of carbonyl (C=O) groups excluding carboxylic acids is 2. The lowest BCUT2D eigenvalue weighted by Crippen LogP contribution is -2.34. The van der Waals surface area contributed by atoms with E-state index in [9.17, 15) is 19.7 Å². The molecular weight excluding hydrogens is 454 g/mol. The van der Waals surface area contributed by atoms with Gasteiger partial charge in [-0.1, -0.05) is 6.07 Å². The van der Waals surface area contributed by atoms with Crippen molar-refractivity contribution in [2.75, 3.05) is 6.61 Å². The third-order valence-electron chi connectivity index (χ3n) is 6.07. The number of nitro benzene ring substituents is 1. The molecule has 35 heavy (non-hydrogen) atoms. The molecule has 1 amide bonds. The van der Waals surface area contributed by atoms with E-state index < -0.39 is 29.4 Å². The summed E-state index contributed by atoms with van der Waals surface area (Å²) in [6.07, 6.45) is 7.60. The Morgan fingerprint density at radius 1 is 1.17 bits per heavy atom. The van der Waals surface area contributed by atoms with E-state index in [1.807, 2.05) is 12.1 Å². The van der Waals surface area contributed by atoms with Crippen LogP contribution in [-0.4, -0.2) is 34.1 Å². The van der Waals surface area contributed by atoms with Gasteiger partial charge in [0, 0.05) is 18.1 Å². The van der Waals surface area contributed by atoms with Gasteiger partial charge in [-0.15, -0.1) is 0 Å². The topological polar surface area (TPSA) is 128 Å². The minimum absolute atomic E-state index is 0.0142. The van der Waals surface area contributed by atoms with Gasteiger partial charge < -0.3 is 13.6 Å². The number of nitrogens with zero attached hydrogens (tertiary/aromatic N) is 3. The van der Waals surface area contributed by atoms with Gasteiger partial charge >= 0.3 is 5.97 Å². The number of furan rings is 2. The number of rotatable bonds is 6. The molecule has 3 heterocycles. The molecule has 1 saturated carbocycles. The number of fused-ring (bicyclic) bond motifs is 1. The molecule has 2 unspecified atom stereocenters. The lowest BCUT2D eigenvalue weighted by molar-refractivity contribution is -0.384. The number of esters is 1. The number of non-ortho nitro benzene ring substituents is 1. The SMILES string of the molecule is O=C(OCC(=O)N1N=C2/C(=C/c3ccco3)CCCC2C1c1ccco1)c1cccc([N+](=O)[O-])c1. The summed E-state index contributed by atoms with van der Waals surface area (Å²) in [5.74, 6) is -0.142. The molecule has 2 aromatic heterocycles. The molecule has 1 fully saturated rings. The lowest BCUT2D eigenvalue weighted by Gasteiger charge is -2.27. The average Bonchev–Trinajstić information content (AvgIpc) is 3.63. The minimum atomic E-state index is -0.834. The first kappa shape index (κ1) is 22.3. The summed E-state index contributed by atoms with van der Waals surface area (Å²) in [6, 6.07) is 11.9. The molecule has 0 spiro atoms. The van der Waals surface area contributed by atoms with Gasteiger partial charge in [0.2, 0.25) is 0 Å². The van der Waals surface area contributed by atoms with Crippen molar-refractivity contribution in [2.24, 2.45) is 11.0 Å². The van der Waals surface area contributed by atoms with Gasteiger partial charge in [-0.2, -0.15) is 5.10 Å². The van der Waals surface area contributed by atoms with Crippen LogP contribution >= 0.6 is 0 Å². The first-order valence-corrected chi connectivity index (χ1v) is 11.1. The Morgan fingerprint density at radius 2 is 2.00 bits per heavy atom. The molecule has 0 N–H and O–H groups in total. The quantitative estimate of drug-likeness (QED) is 0.285. The number of benzene rings is 1. The molecule has 0 bridgehead atoms. The fraction of sp³-hybridized carbons (Fsp3) is 0.240. The van der Waals surface area contributed by atoms with Crippen LogP contribution in [0.2, 0.25) is 0 Å². The van der Waals surface area contributed by atoms with Crippen molar-refractivity contribution >= 4 is 29.4 Å². The highest BCUT2D eigenvalue weighted by Gasteiger charge is 2.45. The number of ether oxygens (including phenoxy) is 1. The average molecular weight is 475 g/mol. The lowest BCUT2D eigenvalue weighted by atomic mass is 9.79. The maximum atomic E-state index is 13.2. The molecule has 10 nitrogen and oxygen atoms in total. The van der Waals surface area contributed by atoms with Gasteiger partial charge in [0.05, 0.1) is 28.7 Å². The summed E-state index contributed by atoms with van der Waals surface area (Å²) in [7, 11) is 0. The van der Waals surface area contributed by atoms with E-state index in [1.165, 1.54) is 23.2 Å². The van der Waals surface area contributed by atoms with Gasteiger partial charge in [-0.25, -0.2) is 9.80 Å². The van der Waals surface area contributed by atoms with Crippen molar-refractivity contribution in [3.05, 3.63) is 93.8 Å². The van der Waals surface area contributed by atoms with Crippen molar-refractivity contribution in [3.8, 4) is 0 Å². The molecular formula is C25H21N3O7. The zero-order valence-electron chi connectivity index (χ0n) is 18.5. The predicted molar refractivity (Wildman–Crippen MR) is 123 cm³/mol. The molecule has 1 aliphatic heterocycles. The Kier molecular flexibility index (Phi) is 6.01. The number of amides is 1. The van der Waals surface area contributed by atoms with Gasteiger partial charge in [-0.3, -0.25) is 14.9 Å². The van der Waals surface area contributed by atoms with Crippen LogP contribution in [0.5, 0.6) is 0 Å². The molecule has 10 heteroatoms. The van der Waals surface area contributed by atoms with E-state index in [0.29, 0.717) is 11.5 Å². The highest BCUT2D eigenvalue weighted by Crippen LogP contribution is 2.44. The van der Waals surface area contributed by atoms with Crippen LogP contribution in [0.25, 0.3) is 6.08 Å². The largest absolute Gasteiger partial charge is 0.467 e. The molecule has 2 atom stereocenters. The maximum absolute atomic E-state index is 13.2. The number of nitro groups is 1. The highest BCUT2D eigenvalue weighted by atomic mass is 16.6. The molecule has 0 radical (unpaired) electrons. The third kappa shape index (κ3) is 4.50. The molecule has 1 aliphatic carbocycles. The molecule has 178 valence electrons. The van der Waals surface area contributed by atoms with Crippen LogP contribution < -0.4 is 0 Å². The Balaban J connectivity index is 1.38. The summed E-state index contributed by atoms with van der Waals surface area (Å²) in [5.41, 5.74) is 1.51. The number of hydrogen-bond donors (Lipinski definition) is 0. The van der Waals surface area contributed by atoms with E-state index in [2.05, 4.69) is 5.10 Å². The van der Waals surface area contributed by atoms with Crippen LogP contribution in [0.4, 0.5) is 5.69 Å². The predicted octanol–water partition coefficient (Wildman–Crippen LogP) is 4.76. The second-order valence-corrected chi connectivity index (χ2v) is 8.25. The molecule has 1 aromatic carbocycles. The first-order valence-electron chi connectivity index (χ1n) is 11.1. The Morgan fingerprint density at radius 3 is 2.74 bits per heavy atom. The van der Waals surface area contributed by atoms with Crippen molar-refractivity contribution in [1.29, 1.82) is 0 Å². The highest BCUT2D eigenvalue weighted by molar-refractivity contribution is 6.08. The number of carbonyl (C=O) groups is 2. The van der Waals surface area contributed by atoms with E-state index >= 15 is 0 Å². The molecule has 3 aromatic rings. The number of hydrazone groups is 1. The smallest absolute Gasteiger partial charge is 0.338 e. The Labute approximate surface area is 199 Å². The number of hydrogen-bond acceptors (Lipinski definition) is 8. The zero-order valence-corrected chi connectivity index (χ0v) is 18.5. The zero-order chi connectivity index (χ0) is 24.4. The Hall–Kier alpha value is -4.47. The second kappa shape index (κ2) is 9.41. The van der Waals surface area contributed by atoms with Crippen molar-refractivity contribution in [2.45, 2.75) is 25.3 Å². The summed E-state index contributed by atoms with van der Waals surface area (Å²) in [5, 5.41) is 16.9. The van der Waals surface area contributed by atoms with E-state index in [-0.39, 0.29) is 17.2 Å².